The Kier molecular flexibility index (Phi) is 14.3. The number of phenolic OH excluding ortho intramolecular Hbond substituents is 1. The number of hydrogen-bond acceptors (Lipinski definition) is 10. The second kappa shape index (κ2) is 17.1. The molecule has 0 radical (unpaired) electrons. The number of nitrogens with one attached hydrogen (secondary N) is 3. The summed E-state index contributed by atoms with van der Waals surface area (Å²) >= 11 is 6.26. The van der Waals surface area contributed by atoms with Gasteiger partial charge in [0.2, 0.25) is 17.6 Å². The fourth-order valence-electron chi connectivity index (χ4n) is 4.35. The molecule has 274 valence electrons. The smallest absolute Gasteiger partial charge is 0.408 e. The van der Waals surface area contributed by atoms with Crippen molar-refractivity contribution in [3.63, 3.8) is 0 Å². The number of ether oxygens (including phenoxy) is 2. The first-order chi connectivity index (χ1) is 23.0. The van der Waals surface area contributed by atoms with Gasteiger partial charge in [0.15, 0.2) is 8.32 Å². The molecule has 0 bridgehead atoms. The minimum Gasteiger partial charge on any atom is -0.506 e. The molecular weight excluding hydrogens is 693 g/mol. The first kappa shape index (κ1) is 41.9. The summed E-state index contributed by atoms with van der Waals surface area (Å²) in [6.45, 7) is 14.5. The van der Waals surface area contributed by atoms with Gasteiger partial charge in [0.25, 0.3) is 0 Å². The maximum absolute atomic E-state index is 14.5. The van der Waals surface area contributed by atoms with Crippen LogP contribution < -0.4 is 16.0 Å². The molecule has 0 aliphatic heterocycles. The summed E-state index contributed by atoms with van der Waals surface area (Å²) in [7, 11) is -1.43. The Hall–Kier alpha value is -4.30. The fourth-order valence-corrected chi connectivity index (χ4v) is 5.80. The number of halogens is 2. The molecule has 17 heteroatoms. The molecule has 0 heterocycles. The maximum Gasteiger partial charge on any atom is 0.408 e. The van der Waals surface area contributed by atoms with Crippen molar-refractivity contribution in [2.45, 2.75) is 95.9 Å². The molecule has 14 nitrogen and oxygen atoms in total. The third-order valence-electron chi connectivity index (χ3n) is 7.93. The number of carbonyl (C=O) groups is 3. The molecule has 50 heavy (non-hydrogen) atoms. The van der Waals surface area contributed by atoms with Gasteiger partial charge in [0, 0.05) is 13.2 Å². The fraction of sp³-hybridized carbons (Fsp3) is 0.515. The minimum atomic E-state index is -2.75. The zero-order valence-corrected chi connectivity index (χ0v) is 31.3. The highest BCUT2D eigenvalue weighted by Gasteiger charge is 2.44. The molecule has 3 amide bonds. The number of hydrogen-bond donors (Lipinski definition) is 4. The molecule has 0 aliphatic rings. The highest BCUT2D eigenvalue weighted by molar-refractivity contribution is 6.74. The van der Waals surface area contributed by atoms with Crippen LogP contribution in [0.25, 0.3) is 0 Å². The van der Waals surface area contributed by atoms with E-state index in [4.69, 9.17) is 25.5 Å². The van der Waals surface area contributed by atoms with Crippen molar-refractivity contribution in [1.29, 1.82) is 5.26 Å². The summed E-state index contributed by atoms with van der Waals surface area (Å²) in [6.07, 6.45) is -2.73. The highest BCUT2D eigenvalue weighted by Crippen LogP contribution is 2.41. The van der Waals surface area contributed by atoms with Crippen LogP contribution in [0, 0.1) is 27.3 Å². The van der Waals surface area contributed by atoms with Crippen molar-refractivity contribution in [1.82, 2.24) is 16.0 Å². The van der Waals surface area contributed by atoms with E-state index in [1.807, 2.05) is 39.9 Å². The van der Waals surface area contributed by atoms with Gasteiger partial charge in [-0.15, -0.1) is 0 Å². The van der Waals surface area contributed by atoms with Crippen molar-refractivity contribution in [2.75, 3.05) is 13.7 Å². The third-order valence-corrected chi connectivity index (χ3v) is 12.7. The Morgan fingerprint density at radius 1 is 1.04 bits per heavy atom. The van der Waals surface area contributed by atoms with Crippen molar-refractivity contribution < 1.29 is 42.7 Å². The van der Waals surface area contributed by atoms with Crippen LogP contribution in [0.3, 0.4) is 0 Å². The van der Waals surface area contributed by atoms with E-state index < -0.39 is 78.9 Å². The number of alkyl carbamates (subject to hydrolysis) is 1. The monoisotopic (exact) mass is 737 g/mol. The van der Waals surface area contributed by atoms with Crippen LogP contribution in [-0.2, 0) is 23.5 Å². The summed E-state index contributed by atoms with van der Waals surface area (Å²) in [4.78, 5) is 51.2. The van der Waals surface area contributed by atoms with Crippen LogP contribution in [0.4, 0.5) is 14.9 Å². The van der Waals surface area contributed by atoms with Crippen molar-refractivity contribution in [3.05, 3.63) is 68.5 Å². The van der Waals surface area contributed by atoms with E-state index in [-0.39, 0.29) is 28.0 Å². The SMILES string of the molecule is COC[C@H](NC(=O)[C@H](CC#N)NC(=O)[C@H](NC(=O)OC(C)(C)C)[C@H](O[Si](C)(C)C(C)(C)C)c1ccc(O)c(Cl)c1)c1ccc([N+](=O)[O-])c(F)c1. The number of carbonyl (C=O) groups excluding carboxylic acids is 3. The topological polar surface area (TPSA) is 202 Å². The maximum atomic E-state index is 14.5. The van der Waals surface area contributed by atoms with Gasteiger partial charge in [-0.05, 0) is 74.3 Å². The molecule has 2 rings (SSSR count). The largest absolute Gasteiger partial charge is 0.506 e. The molecule has 4 N–H and O–H groups in total. The number of phenols is 1. The molecule has 0 fully saturated rings. The number of nitriles is 1. The van der Waals surface area contributed by atoms with Gasteiger partial charge in [-0.25, -0.2) is 4.79 Å². The lowest BCUT2D eigenvalue weighted by Crippen LogP contribution is -2.58. The summed E-state index contributed by atoms with van der Waals surface area (Å²) in [5.74, 6) is -3.16. The molecule has 4 atom stereocenters. The number of nitro benzene ring substituents is 1. The molecule has 0 saturated carbocycles. The van der Waals surface area contributed by atoms with Crippen LogP contribution in [0.1, 0.15) is 71.2 Å². The second-order valence-electron chi connectivity index (χ2n) is 14.0. The Morgan fingerprint density at radius 2 is 1.66 bits per heavy atom. The van der Waals surface area contributed by atoms with E-state index >= 15 is 0 Å². The number of amides is 3. The number of nitrogens with zero attached hydrogens (tertiary/aromatic N) is 2. The first-order valence-electron chi connectivity index (χ1n) is 15.6. The zero-order valence-electron chi connectivity index (χ0n) is 29.6. The lowest BCUT2D eigenvalue weighted by atomic mass is 10.0. The number of aromatic hydroxyl groups is 1. The minimum absolute atomic E-state index is 0.0450. The number of rotatable bonds is 14. The molecule has 0 unspecified atom stereocenters. The average Bonchev–Trinajstić information content (AvgIpc) is 2.98. The van der Waals surface area contributed by atoms with Crippen LogP contribution in [0.15, 0.2) is 36.4 Å². The van der Waals surface area contributed by atoms with E-state index in [2.05, 4.69) is 16.0 Å². The summed E-state index contributed by atoms with van der Waals surface area (Å²) in [5.41, 5.74) is -1.28. The van der Waals surface area contributed by atoms with E-state index in [0.29, 0.717) is 5.56 Å². The quantitative estimate of drug-likeness (QED) is 0.102. The van der Waals surface area contributed by atoms with E-state index in [9.17, 15) is 39.3 Å². The predicted molar refractivity (Wildman–Crippen MR) is 185 cm³/mol. The normalized spacial score (nSPS) is 14.4. The standard InChI is InChI=1S/C33H45ClFN5O9Si/c1-32(2,3)48-31(44)39-27(28(49-50(8,9)33(4,5)6)20-11-13-26(41)21(34)16-20)30(43)37-23(14-15-36)29(42)38-24(18-47-7)19-10-12-25(40(45)46)22(35)17-19/h10-13,16-17,23-24,27-28,41H,14,18H2,1-9H3,(H,37,43)(H,38,42)(H,39,44)/t23-,24-,27+,28+/m0/s1. The summed E-state index contributed by atoms with van der Waals surface area (Å²) in [6, 6.07) is 5.00. The Balaban J connectivity index is 2.59. The first-order valence-corrected chi connectivity index (χ1v) is 18.9. The van der Waals surface area contributed by atoms with E-state index in [1.165, 1.54) is 31.4 Å². The van der Waals surface area contributed by atoms with Crippen molar-refractivity contribution in [2.24, 2.45) is 0 Å². The Morgan fingerprint density at radius 3 is 2.16 bits per heavy atom. The van der Waals surface area contributed by atoms with E-state index in [1.54, 1.807) is 20.8 Å². The number of nitro groups is 1. The Labute approximate surface area is 296 Å². The summed E-state index contributed by atoms with van der Waals surface area (Å²) in [5, 5.41) is 38.1. The van der Waals surface area contributed by atoms with Crippen LogP contribution in [-0.4, -0.2) is 67.7 Å². The van der Waals surface area contributed by atoms with Crippen LogP contribution in [0.2, 0.25) is 23.2 Å². The molecule has 2 aromatic carbocycles. The Bertz CT molecular complexity index is 1610. The van der Waals surface area contributed by atoms with Gasteiger partial charge in [-0.2, -0.15) is 9.65 Å². The summed E-state index contributed by atoms with van der Waals surface area (Å²) < 4.78 is 31.8. The molecule has 2 aromatic rings. The molecule has 0 aliphatic carbocycles. The lowest BCUT2D eigenvalue weighted by Gasteiger charge is -2.41. The molecule has 0 saturated heterocycles. The molecule has 0 spiro atoms. The van der Waals surface area contributed by atoms with Crippen LogP contribution in [0.5, 0.6) is 5.75 Å². The van der Waals surface area contributed by atoms with Gasteiger partial charge in [-0.3, -0.25) is 19.7 Å². The zero-order chi connectivity index (χ0) is 38.2. The van der Waals surface area contributed by atoms with Gasteiger partial charge < -0.3 is 35.0 Å². The predicted octanol–water partition coefficient (Wildman–Crippen LogP) is 5.95. The lowest BCUT2D eigenvalue weighted by molar-refractivity contribution is -0.387. The number of methoxy groups -OCH3 is 1. The average molecular weight is 738 g/mol. The van der Waals surface area contributed by atoms with Crippen molar-refractivity contribution in [3.8, 4) is 11.8 Å². The molecule has 0 aromatic heterocycles. The van der Waals surface area contributed by atoms with Crippen molar-refractivity contribution >= 4 is 43.5 Å². The van der Waals surface area contributed by atoms with Gasteiger partial charge in [0.1, 0.15) is 23.4 Å². The van der Waals surface area contributed by atoms with Gasteiger partial charge >= 0.3 is 11.8 Å². The second-order valence-corrected chi connectivity index (χ2v) is 19.2. The third kappa shape index (κ3) is 11.6. The van der Waals surface area contributed by atoms with Gasteiger partial charge in [-0.1, -0.05) is 38.4 Å². The van der Waals surface area contributed by atoms with E-state index in [0.717, 1.165) is 12.1 Å². The van der Waals surface area contributed by atoms with Gasteiger partial charge in [0.05, 0.1) is 41.2 Å². The highest BCUT2D eigenvalue weighted by atomic mass is 35.5. The number of benzene rings is 2. The molecular formula is C33H45ClFN5O9Si. The van der Waals surface area contributed by atoms with Crippen LogP contribution >= 0.6 is 11.6 Å².